The van der Waals surface area contributed by atoms with Gasteiger partial charge in [-0.05, 0) is 53.9 Å². The van der Waals surface area contributed by atoms with Crippen molar-refractivity contribution < 1.29 is 17.9 Å². The maximum atomic E-state index is 12.7. The van der Waals surface area contributed by atoms with Gasteiger partial charge in [0.2, 0.25) is 15.9 Å². The van der Waals surface area contributed by atoms with Gasteiger partial charge in [0.15, 0.2) is 0 Å². The Morgan fingerprint density at radius 2 is 1.71 bits per heavy atom. The van der Waals surface area contributed by atoms with Crippen molar-refractivity contribution in [1.29, 1.82) is 0 Å². The number of hydrogen-bond acceptors (Lipinski definition) is 4. The first-order valence-electron chi connectivity index (χ1n) is 10.2. The van der Waals surface area contributed by atoms with Crippen LogP contribution >= 0.6 is 0 Å². The third-order valence-electron chi connectivity index (χ3n) is 5.31. The SMILES string of the molecule is COc1ccc(S(=O)(=O)N(C)CCCC(=O)NC(C)c2cccc3ccccc23)cc1. The van der Waals surface area contributed by atoms with E-state index in [1.54, 1.807) is 12.1 Å². The molecule has 1 unspecified atom stereocenters. The summed E-state index contributed by atoms with van der Waals surface area (Å²) in [6, 6.07) is 20.2. The fourth-order valence-corrected chi connectivity index (χ4v) is 4.74. The summed E-state index contributed by atoms with van der Waals surface area (Å²) in [6.45, 7) is 2.21. The summed E-state index contributed by atoms with van der Waals surface area (Å²) >= 11 is 0. The second-order valence-corrected chi connectivity index (χ2v) is 9.51. The van der Waals surface area contributed by atoms with E-state index in [2.05, 4.69) is 5.32 Å². The molecule has 0 aromatic heterocycles. The predicted molar refractivity (Wildman–Crippen MR) is 123 cm³/mol. The van der Waals surface area contributed by atoms with E-state index >= 15 is 0 Å². The van der Waals surface area contributed by atoms with Gasteiger partial charge in [0.05, 0.1) is 18.0 Å². The van der Waals surface area contributed by atoms with Crippen LogP contribution in [0.4, 0.5) is 0 Å². The normalized spacial score (nSPS) is 12.6. The van der Waals surface area contributed by atoms with Crippen LogP contribution in [0.2, 0.25) is 0 Å². The molecule has 7 heteroatoms. The average Bonchev–Trinajstić information content (AvgIpc) is 2.78. The van der Waals surface area contributed by atoms with Gasteiger partial charge >= 0.3 is 0 Å². The number of hydrogen-bond donors (Lipinski definition) is 1. The molecule has 1 amide bonds. The molecule has 3 aromatic rings. The highest BCUT2D eigenvalue weighted by Crippen LogP contribution is 2.24. The Hall–Kier alpha value is -2.90. The van der Waals surface area contributed by atoms with Crippen LogP contribution in [0.15, 0.2) is 71.6 Å². The number of fused-ring (bicyclic) bond motifs is 1. The minimum atomic E-state index is -3.61. The fourth-order valence-electron chi connectivity index (χ4n) is 3.53. The first kappa shape index (κ1) is 22.8. The molecule has 0 aliphatic carbocycles. The number of carbonyl (C=O) groups is 1. The van der Waals surface area contributed by atoms with E-state index in [4.69, 9.17) is 4.74 Å². The average molecular weight is 441 g/mol. The Labute approximate surface area is 183 Å². The lowest BCUT2D eigenvalue weighted by Crippen LogP contribution is -2.30. The second kappa shape index (κ2) is 9.94. The van der Waals surface area contributed by atoms with E-state index in [0.29, 0.717) is 12.2 Å². The van der Waals surface area contributed by atoms with Crippen LogP contribution in [0.5, 0.6) is 5.75 Å². The molecule has 0 spiro atoms. The van der Waals surface area contributed by atoms with Gasteiger partial charge in [-0.2, -0.15) is 0 Å². The lowest BCUT2D eigenvalue weighted by molar-refractivity contribution is -0.121. The third kappa shape index (κ3) is 5.42. The van der Waals surface area contributed by atoms with Crippen LogP contribution in [0, 0.1) is 0 Å². The minimum absolute atomic E-state index is 0.101. The molecule has 0 aliphatic rings. The highest BCUT2D eigenvalue weighted by Gasteiger charge is 2.21. The molecule has 1 atom stereocenters. The second-order valence-electron chi connectivity index (χ2n) is 7.46. The summed E-state index contributed by atoms with van der Waals surface area (Å²) in [7, 11) is -0.553. The topological polar surface area (TPSA) is 75.7 Å². The van der Waals surface area contributed by atoms with Crippen molar-refractivity contribution in [3.05, 3.63) is 72.3 Å². The van der Waals surface area contributed by atoms with Crippen molar-refractivity contribution in [3.8, 4) is 5.75 Å². The van der Waals surface area contributed by atoms with E-state index in [1.165, 1.54) is 30.6 Å². The van der Waals surface area contributed by atoms with Crippen molar-refractivity contribution >= 4 is 26.7 Å². The number of carbonyl (C=O) groups excluding carboxylic acids is 1. The van der Waals surface area contributed by atoms with E-state index in [9.17, 15) is 13.2 Å². The quantitative estimate of drug-likeness (QED) is 0.543. The molecule has 0 heterocycles. The van der Waals surface area contributed by atoms with E-state index in [0.717, 1.165) is 16.3 Å². The molecule has 0 aliphatic heterocycles. The Kier molecular flexibility index (Phi) is 7.30. The molecule has 0 saturated carbocycles. The van der Waals surface area contributed by atoms with E-state index in [1.807, 2.05) is 49.4 Å². The molecule has 1 N–H and O–H groups in total. The lowest BCUT2D eigenvalue weighted by Gasteiger charge is -2.19. The molecular weight excluding hydrogens is 412 g/mol. The zero-order chi connectivity index (χ0) is 22.4. The molecular formula is C24H28N2O4S. The van der Waals surface area contributed by atoms with Gasteiger partial charge in [-0.3, -0.25) is 4.79 Å². The van der Waals surface area contributed by atoms with Gasteiger partial charge in [0.25, 0.3) is 0 Å². The molecule has 3 aromatic carbocycles. The molecule has 0 fully saturated rings. The number of rotatable bonds is 9. The highest BCUT2D eigenvalue weighted by atomic mass is 32.2. The molecule has 0 bridgehead atoms. The van der Waals surface area contributed by atoms with Crippen molar-refractivity contribution in [2.45, 2.75) is 30.7 Å². The molecule has 0 saturated heterocycles. The van der Waals surface area contributed by atoms with E-state index in [-0.39, 0.29) is 29.8 Å². The highest BCUT2D eigenvalue weighted by molar-refractivity contribution is 7.89. The van der Waals surface area contributed by atoms with Crippen LogP contribution in [0.3, 0.4) is 0 Å². The monoisotopic (exact) mass is 440 g/mol. The molecule has 0 radical (unpaired) electrons. The first-order chi connectivity index (χ1) is 14.8. The van der Waals surface area contributed by atoms with Gasteiger partial charge in [-0.25, -0.2) is 12.7 Å². The standard InChI is InChI=1S/C24H28N2O4S/c1-18(22-11-6-9-19-8-4-5-10-23(19)22)25-24(27)12-7-17-26(2)31(28,29)21-15-13-20(30-3)14-16-21/h4-6,8-11,13-16,18H,7,12,17H2,1-3H3,(H,25,27). The van der Waals surface area contributed by atoms with Crippen molar-refractivity contribution in [2.75, 3.05) is 20.7 Å². The number of nitrogens with one attached hydrogen (secondary N) is 1. The van der Waals surface area contributed by atoms with Crippen molar-refractivity contribution in [1.82, 2.24) is 9.62 Å². The molecule has 6 nitrogen and oxygen atoms in total. The van der Waals surface area contributed by atoms with Gasteiger partial charge in [0, 0.05) is 20.0 Å². The number of amides is 1. The number of benzene rings is 3. The third-order valence-corrected chi connectivity index (χ3v) is 7.18. The first-order valence-corrected chi connectivity index (χ1v) is 11.6. The molecule has 31 heavy (non-hydrogen) atoms. The number of ether oxygens (including phenoxy) is 1. The number of nitrogens with zero attached hydrogens (tertiary/aromatic N) is 1. The van der Waals surface area contributed by atoms with Crippen LogP contribution < -0.4 is 10.1 Å². The lowest BCUT2D eigenvalue weighted by atomic mass is 9.99. The van der Waals surface area contributed by atoms with Crippen LogP contribution in [0.25, 0.3) is 10.8 Å². The summed E-state index contributed by atoms with van der Waals surface area (Å²) < 4.78 is 31.7. The fraction of sp³-hybridized carbons (Fsp3) is 0.292. The molecule has 164 valence electrons. The van der Waals surface area contributed by atoms with Crippen LogP contribution in [0.1, 0.15) is 31.4 Å². The van der Waals surface area contributed by atoms with E-state index < -0.39 is 10.0 Å². The predicted octanol–water partition coefficient (Wildman–Crippen LogP) is 4.13. The van der Waals surface area contributed by atoms with Gasteiger partial charge in [0.1, 0.15) is 5.75 Å². The van der Waals surface area contributed by atoms with Gasteiger partial charge in [-0.1, -0.05) is 42.5 Å². The van der Waals surface area contributed by atoms with Gasteiger partial charge < -0.3 is 10.1 Å². The molecule has 3 rings (SSSR count). The Morgan fingerprint density at radius 3 is 2.42 bits per heavy atom. The Morgan fingerprint density at radius 1 is 1.03 bits per heavy atom. The van der Waals surface area contributed by atoms with Crippen molar-refractivity contribution in [3.63, 3.8) is 0 Å². The zero-order valence-corrected chi connectivity index (χ0v) is 18.9. The van der Waals surface area contributed by atoms with Crippen molar-refractivity contribution in [2.24, 2.45) is 0 Å². The Bertz CT molecular complexity index is 1140. The minimum Gasteiger partial charge on any atom is -0.497 e. The smallest absolute Gasteiger partial charge is 0.242 e. The van der Waals surface area contributed by atoms with Crippen LogP contribution in [-0.2, 0) is 14.8 Å². The summed E-state index contributed by atoms with van der Waals surface area (Å²) in [4.78, 5) is 12.6. The largest absolute Gasteiger partial charge is 0.497 e. The maximum Gasteiger partial charge on any atom is 0.242 e. The Balaban J connectivity index is 1.54. The summed E-state index contributed by atoms with van der Waals surface area (Å²) in [6.07, 6.45) is 0.678. The summed E-state index contributed by atoms with van der Waals surface area (Å²) in [5, 5.41) is 5.27. The number of sulfonamides is 1. The zero-order valence-electron chi connectivity index (χ0n) is 18.0. The van der Waals surface area contributed by atoms with Crippen LogP contribution in [-0.4, -0.2) is 39.3 Å². The summed E-state index contributed by atoms with van der Waals surface area (Å²) in [5.74, 6) is 0.495. The number of methoxy groups -OCH3 is 1. The maximum absolute atomic E-state index is 12.7. The summed E-state index contributed by atoms with van der Waals surface area (Å²) in [5.41, 5.74) is 1.06. The van der Waals surface area contributed by atoms with Gasteiger partial charge in [-0.15, -0.1) is 0 Å².